The Balaban J connectivity index is 1.78. The smallest absolute Gasteiger partial charge is 0.0610 e. The first-order valence-electron chi connectivity index (χ1n) is 5.65. The largest absolute Gasteiger partial charge is 0.394 e. The molecule has 3 atom stereocenters. The summed E-state index contributed by atoms with van der Waals surface area (Å²) in [5, 5.41) is 12.6. The van der Waals surface area contributed by atoms with Gasteiger partial charge >= 0.3 is 0 Å². The molecule has 3 nitrogen and oxygen atoms in total. The van der Waals surface area contributed by atoms with Gasteiger partial charge in [0.15, 0.2) is 0 Å². The second-order valence-electron chi connectivity index (χ2n) is 5.14. The normalized spacial score (nSPS) is 43.3. The Bertz CT molecular complexity index is 192. The van der Waals surface area contributed by atoms with Crippen LogP contribution in [0.1, 0.15) is 26.2 Å². The van der Waals surface area contributed by atoms with Gasteiger partial charge in [0.05, 0.1) is 6.61 Å². The van der Waals surface area contributed by atoms with Crippen LogP contribution in [0.3, 0.4) is 0 Å². The monoisotopic (exact) mass is 199 g/mol. The van der Waals surface area contributed by atoms with Gasteiger partial charge in [-0.1, -0.05) is 0 Å². The van der Waals surface area contributed by atoms with E-state index in [1.54, 1.807) is 0 Å². The van der Waals surface area contributed by atoms with Crippen LogP contribution in [0.2, 0.25) is 0 Å². The summed E-state index contributed by atoms with van der Waals surface area (Å²) in [7, 11) is 0. The Labute approximate surface area is 85.8 Å². The second-order valence-corrected chi connectivity index (χ2v) is 5.14. The highest BCUT2D eigenvalue weighted by Gasteiger charge is 2.35. The van der Waals surface area contributed by atoms with Gasteiger partial charge in [-0.15, -0.1) is 0 Å². The minimum Gasteiger partial charge on any atom is -0.394 e. The number of aliphatic hydroxyl groups excluding tert-OH is 1. The summed E-state index contributed by atoms with van der Waals surface area (Å²) in [6.45, 7) is 5.32. The summed E-state index contributed by atoms with van der Waals surface area (Å²) in [6, 6.07) is 0. The van der Waals surface area contributed by atoms with Crippen LogP contribution in [0.5, 0.6) is 0 Å². The predicted octanol–water partition coefficient (Wildman–Crippen LogP) is 0.773. The Kier molecular flexibility index (Phi) is 3.10. The molecule has 0 aromatic rings. The summed E-state index contributed by atoms with van der Waals surface area (Å²) >= 11 is 0. The minimum absolute atomic E-state index is 0.0237. The topological polar surface area (TPSA) is 41.5 Å². The van der Waals surface area contributed by atoms with E-state index in [1.165, 1.54) is 12.8 Å². The maximum Gasteiger partial charge on any atom is 0.0610 e. The van der Waals surface area contributed by atoms with Crippen LogP contribution >= 0.6 is 0 Å². The summed E-state index contributed by atoms with van der Waals surface area (Å²) < 4.78 is 5.38. The summed E-state index contributed by atoms with van der Waals surface area (Å²) in [4.78, 5) is 0. The number of rotatable bonds is 3. The molecule has 0 aromatic heterocycles. The molecule has 2 aliphatic heterocycles. The maximum absolute atomic E-state index is 9.22. The van der Waals surface area contributed by atoms with Crippen LogP contribution in [0.25, 0.3) is 0 Å². The molecule has 3 heteroatoms. The predicted molar refractivity (Wildman–Crippen MR) is 55.1 cm³/mol. The fourth-order valence-corrected chi connectivity index (χ4v) is 2.70. The van der Waals surface area contributed by atoms with E-state index in [1.807, 2.05) is 0 Å². The molecule has 0 saturated carbocycles. The molecule has 2 rings (SSSR count). The average molecular weight is 199 g/mol. The zero-order valence-electron chi connectivity index (χ0n) is 8.96. The van der Waals surface area contributed by atoms with Crippen molar-refractivity contribution in [2.24, 2.45) is 11.8 Å². The third-order valence-corrected chi connectivity index (χ3v) is 3.60. The zero-order chi connectivity index (χ0) is 10.0. The van der Waals surface area contributed by atoms with Crippen LogP contribution < -0.4 is 5.32 Å². The van der Waals surface area contributed by atoms with E-state index in [0.717, 1.165) is 38.0 Å². The van der Waals surface area contributed by atoms with E-state index in [9.17, 15) is 5.11 Å². The van der Waals surface area contributed by atoms with Gasteiger partial charge in [-0.2, -0.15) is 0 Å². The molecule has 2 heterocycles. The van der Waals surface area contributed by atoms with Crippen molar-refractivity contribution in [1.29, 1.82) is 0 Å². The standard InChI is InChI=1S/C11H21NO2/c1-11(8-13)5-10(6-12-11)4-9-2-3-14-7-9/h9-10,12-13H,2-8H2,1H3. The highest BCUT2D eigenvalue weighted by Crippen LogP contribution is 2.30. The Hall–Kier alpha value is -0.120. The molecule has 2 aliphatic rings. The van der Waals surface area contributed by atoms with Crippen molar-refractivity contribution in [3.05, 3.63) is 0 Å². The quantitative estimate of drug-likeness (QED) is 0.705. The van der Waals surface area contributed by atoms with E-state index < -0.39 is 0 Å². The molecule has 0 aromatic carbocycles. The van der Waals surface area contributed by atoms with Crippen LogP contribution in [-0.2, 0) is 4.74 Å². The average Bonchev–Trinajstić information content (AvgIpc) is 2.78. The van der Waals surface area contributed by atoms with Crippen molar-refractivity contribution in [1.82, 2.24) is 5.32 Å². The second kappa shape index (κ2) is 4.17. The molecule has 2 N–H and O–H groups in total. The third-order valence-electron chi connectivity index (χ3n) is 3.60. The molecule has 2 fully saturated rings. The van der Waals surface area contributed by atoms with Crippen molar-refractivity contribution in [2.75, 3.05) is 26.4 Å². The van der Waals surface area contributed by atoms with Gasteiger partial charge in [0.1, 0.15) is 0 Å². The molecular weight excluding hydrogens is 178 g/mol. The third kappa shape index (κ3) is 2.27. The summed E-state index contributed by atoms with van der Waals surface area (Å²) in [5.41, 5.74) is -0.0237. The molecule has 0 amide bonds. The van der Waals surface area contributed by atoms with Gasteiger partial charge in [0.2, 0.25) is 0 Å². The van der Waals surface area contributed by atoms with Gasteiger partial charge < -0.3 is 15.2 Å². The molecular formula is C11H21NO2. The first-order chi connectivity index (χ1) is 6.72. The molecule has 14 heavy (non-hydrogen) atoms. The molecule has 0 radical (unpaired) electrons. The zero-order valence-corrected chi connectivity index (χ0v) is 8.96. The molecule has 0 bridgehead atoms. The van der Waals surface area contributed by atoms with E-state index in [0.29, 0.717) is 0 Å². The van der Waals surface area contributed by atoms with Gasteiger partial charge in [0.25, 0.3) is 0 Å². The van der Waals surface area contributed by atoms with Crippen molar-refractivity contribution in [3.63, 3.8) is 0 Å². The van der Waals surface area contributed by atoms with Crippen LogP contribution in [-0.4, -0.2) is 37.0 Å². The lowest BCUT2D eigenvalue weighted by Crippen LogP contribution is -2.39. The highest BCUT2D eigenvalue weighted by atomic mass is 16.5. The van der Waals surface area contributed by atoms with E-state index in [-0.39, 0.29) is 12.1 Å². The van der Waals surface area contributed by atoms with E-state index >= 15 is 0 Å². The number of nitrogens with one attached hydrogen (secondary N) is 1. The van der Waals surface area contributed by atoms with Crippen molar-refractivity contribution < 1.29 is 9.84 Å². The van der Waals surface area contributed by atoms with E-state index in [4.69, 9.17) is 4.74 Å². The van der Waals surface area contributed by atoms with Crippen LogP contribution in [0.15, 0.2) is 0 Å². The first-order valence-corrected chi connectivity index (χ1v) is 5.65. The lowest BCUT2D eigenvalue weighted by atomic mass is 9.88. The van der Waals surface area contributed by atoms with Crippen LogP contribution in [0, 0.1) is 11.8 Å². The summed E-state index contributed by atoms with van der Waals surface area (Å²) in [6.07, 6.45) is 3.61. The van der Waals surface area contributed by atoms with Gasteiger partial charge in [0, 0.05) is 18.8 Å². The van der Waals surface area contributed by atoms with E-state index in [2.05, 4.69) is 12.2 Å². The molecule has 0 aliphatic carbocycles. The maximum atomic E-state index is 9.22. The number of hydrogen-bond acceptors (Lipinski definition) is 3. The van der Waals surface area contributed by atoms with Gasteiger partial charge in [-0.25, -0.2) is 0 Å². The Morgan fingerprint density at radius 2 is 2.36 bits per heavy atom. The highest BCUT2D eigenvalue weighted by molar-refractivity contribution is 4.93. The number of aliphatic hydroxyl groups is 1. The van der Waals surface area contributed by atoms with Gasteiger partial charge in [-0.05, 0) is 44.6 Å². The Morgan fingerprint density at radius 1 is 1.50 bits per heavy atom. The molecule has 2 saturated heterocycles. The number of ether oxygens (including phenoxy) is 1. The number of hydrogen-bond donors (Lipinski definition) is 2. The SMILES string of the molecule is CC1(CO)CC(CC2CCOC2)CN1. The van der Waals surface area contributed by atoms with Crippen molar-refractivity contribution in [2.45, 2.75) is 31.7 Å². The Morgan fingerprint density at radius 3 is 2.93 bits per heavy atom. The van der Waals surface area contributed by atoms with Crippen LogP contribution in [0.4, 0.5) is 0 Å². The fraction of sp³-hybridized carbons (Fsp3) is 1.00. The first kappa shape index (κ1) is 10.4. The lowest BCUT2D eigenvalue weighted by molar-refractivity contribution is 0.175. The fourth-order valence-electron chi connectivity index (χ4n) is 2.70. The van der Waals surface area contributed by atoms with Crippen molar-refractivity contribution >= 4 is 0 Å². The lowest BCUT2D eigenvalue weighted by Gasteiger charge is -2.21. The van der Waals surface area contributed by atoms with Gasteiger partial charge in [-0.3, -0.25) is 0 Å². The molecule has 0 spiro atoms. The van der Waals surface area contributed by atoms with Crippen molar-refractivity contribution in [3.8, 4) is 0 Å². The molecule has 82 valence electrons. The molecule has 3 unspecified atom stereocenters. The summed E-state index contributed by atoms with van der Waals surface area (Å²) in [5.74, 6) is 1.50. The minimum atomic E-state index is -0.0237.